The van der Waals surface area contributed by atoms with Gasteiger partial charge in [-0.3, -0.25) is 14.6 Å². The van der Waals surface area contributed by atoms with Gasteiger partial charge in [-0.15, -0.1) is 0 Å². The Morgan fingerprint density at radius 3 is 2.71 bits per heavy atom. The van der Waals surface area contributed by atoms with E-state index in [1.165, 1.54) is 25.1 Å². The van der Waals surface area contributed by atoms with Crippen LogP contribution < -0.4 is 19.5 Å². The highest BCUT2D eigenvalue weighted by Crippen LogP contribution is 2.31. The molecular formula is C23H23N3O7S. The molecule has 1 aliphatic rings. The molecule has 2 heterocycles. The van der Waals surface area contributed by atoms with E-state index in [1.54, 1.807) is 24.4 Å². The molecule has 1 unspecified atom stereocenters. The number of anilines is 1. The van der Waals surface area contributed by atoms with Gasteiger partial charge in [0, 0.05) is 24.1 Å². The van der Waals surface area contributed by atoms with Gasteiger partial charge in [-0.1, -0.05) is 6.07 Å². The molecule has 2 N–H and O–H groups in total. The van der Waals surface area contributed by atoms with Crippen molar-refractivity contribution in [3.63, 3.8) is 0 Å². The van der Waals surface area contributed by atoms with Crippen LogP contribution in [0.2, 0.25) is 0 Å². The van der Waals surface area contributed by atoms with E-state index in [0.717, 1.165) is 5.39 Å². The summed E-state index contributed by atoms with van der Waals surface area (Å²) in [4.78, 5) is 28.8. The zero-order chi connectivity index (χ0) is 24.1. The number of nitrogens with one attached hydrogen (secondary N) is 2. The van der Waals surface area contributed by atoms with E-state index in [-0.39, 0.29) is 4.90 Å². The SMILES string of the molecule is CC(OC(=O)CNS(=O)(=O)c1ccc2c(c1)OCCCO2)C(=O)Nc1cccc2ncccc12. The van der Waals surface area contributed by atoms with Crippen LogP contribution in [0.3, 0.4) is 0 Å². The number of carbonyl (C=O) groups excluding carboxylic acids is 2. The first-order valence-electron chi connectivity index (χ1n) is 10.6. The number of amides is 1. The lowest BCUT2D eigenvalue weighted by atomic mass is 10.2. The number of benzene rings is 2. The second kappa shape index (κ2) is 10.1. The Labute approximate surface area is 196 Å². The number of carbonyl (C=O) groups is 2. The summed E-state index contributed by atoms with van der Waals surface area (Å²) in [6.07, 6.45) is 1.18. The van der Waals surface area contributed by atoms with Gasteiger partial charge < -0.3 is 19.5 Å². The molecular weight excluding hydrogens is 462 g/mol. The molecule has 1 amide bonds. The summed E-state index contributed by atoms with van der Waals surface area (Å²) < 4.78 is 43.5. The third kappa shape index (κ3) is 5.43. The summed E-state index contributed by atoms with van der Waals surface area (Å²) in [5, 5.41) is 3.44. The summed E-state index contributed by atoms with van der Waals surface area (Å²) >= 11 is 0. The molecule has 1 atom stereocenters. The number of pyridine rings is 1. The Morgan fingerprint density at radius 1 is 1.09 bits per heavy atom. The number of fused-ring (bicyclic) bond motifs is 2. The summed E-state index contributed by atoms with van der Waals surface area (Å²) in [5.41, 5.74) is 1.22. The Morgan fingerprint density at radius 2 is 1.88 bits per heavy atom. The quantitative estimate of drug-likeness (QED) is 0.487. The highest BCUT2D eigenvalue weighted by Gasteiger charge is 2.23. The van der Waals surface area contributed by atoms with Crippen LogP contribution in [-0.4, -0.2) is 51.1 Å². The van der Waals surface area contributed by atoms with Crippen molar-refractivity contribution in [3.05, 3.63) is 54.7 Å². The largest absolute Gasteiger partial charge is 0.490 e. The number of rotatable bonds is 7. The molecule has 0 saturated heterocycles. The van der Waals surface area contributed by atoms with E-state index in [2.05, 4.69) is 15.0 Å². The minimum absolute atomic E-state index is 0.0834. The van der Waals surface area contributed by atoms with Crippen LogP contribution in [0.4, 0.5) is 5.69 Å². The smallest absolute Gasteiger partial charge is 0.321 e. The van der Waals surface area contributed by atoms with Crippen LogP contribution in [0.1, 0.15) is 13.3 Å². The molecule has 0 saturated carbocycles. The number of esters is 1. The third-order valence-electron chi connectivity index (χ3n) is 5.02. The normalized spacial score (nSPS) is 14.1. The topological polar surface area (TPSA) is 133 Å². The van der Waals surface area contributed by atoms with Crippen molar-refractivity contribution < 1.29 is 32.2 Å². The summed E-state index contributed by atoms with van der Waals surface area (Å²) in [6, 6.07) is 13.0. The van der Waals surface area contributed by atoms with E-state index in [4.69, 9.17) is 14.2 Å². The Balaban J connectivity index is 1.34. The zero-order valence-corrected chi connectivity index (χ0v) is 19.1. The molecule has 11 heteroatoms. The van der Waals surface area contributed by atoms with Crippen LogP contribution in [0.5, 0.6) is 11.5 Å². The van der Waals surface area contributed by atoms with Gasteiger partial charge in [-0.25, -0.2) is 8.42 Å². The van der Waals surface area contributed by atoms with Crippen molar-refractivity contribution >= 4 is 38.5 Å². The maximum atomic E-state index is 12.6. The number of nitrogens with zero attached hydrogens (tertiary/aromatic N) is 1. The molecule has 3 aromatic rings. The molecule has 0 fully saturated rings. The summed E-state index contributed by atoms with van der Waals surface area (Å²) in [5.74, 6) is -0.690. The molecule has 1 aliphatic heterocycles. The maximum absolute atomic E-state index is 12.6. The fraction of sp³-hybridized carbons (Fsp3) is 0.261. The van der Waals surface area contributed by atoms with Gasteiger partial charge in [0.2, 0.25) is 10.0 Å². The average Bonchev–Trinajstić information content (AvgIpc) is 3.08. The highest BCUT2D eigenvalue weighted by atomic mass is 32.2. The molecule has 2 aromatic carbocycles. The Bertz CT molecular complexity index is 1320. The molecule has 4 rings (SSSR count). The molecule has 0 aliphatic carbocycles. The lowest BCUT2D eigenvalue weighted by molar-refractivity contribution is -0.151. The first kappa shape index (κ1) is 23.5. The van der Waals surface area contributed by atoms with Crippen molar-refractivity contribution in [2.45, 2.75) is 24.3 Å². The number of ether oxygens (including phenoxy) is 3. The van der Waals surface area contributed by atoms with E-state index in [1.807, 2.05) is 12.1 Å². The molecule has 0 spiro atoms. The van der Waals surface area contributed by atoms with Crippen LogP contribution in [0, 0.1) is 0 Å². The Hall–Kier alpha value is -3.70. The predicted octanol–water partition coefficient (Wildman–Crippen LogP) is 2.24. The van der Waals surface area contributed by atoms with E-state index in [9.17, 15) is 18.0 Å². The van der Waals surface area contributed by atoms with Gasteiger partial charge in [0.25, 0.3) is 5.91 Å². The van der Waals surface area contributed by atoms with Gasteiger partial charge >= 0.3 is 5.97 Å². The van der Waals surface area contributed by atoms with Crippen molar-refractivity contribution in [2.24, 2.45) is 0 Å². The van der Waals surface area contributed by atoms with Crippen molar-refractivity contribution in [2.75, 3.05) is 25.1 Å². The van der Waals surface area contributed by atoms with E-state index >= 15 is 0 Å². The second-order valence-electron chi connectivity index (χ2n) is 7.48. The molecule has 0 bridgehead atoms. The first-order valence-corrected chi connectivity index (χ1v) is 12.1. The minimum atomic E-state index is -4.02. The second-order valence-corrected chi connectivity index (χ2v) is 9.25. The number of hydrogen-bond donors (Lipinski definition) is 2. The predicted molar refractivity (Wildman–Crippen MR) is 123 cm³/mol. The highest BCUT2D eigenvalue weighted by molar-refractivity contribution is 7.89. The van der Waals surface area contributed by atoms with Crippen LogP contribution >= 0.6 is 0 Å². The lowest BCUT2D eigenvalue weighted by Gasteiger charge is -2.15. The van der Waals surface area contributed by atoms with E-state index < -0.39 is 34.5 Å². The maximum Gasteiger partial charge on any atom is 0.321 e. The number of hydrogen-bond acceptors (Lipinski definition) is 8. The Kier molecular flexibility index (Phi) is 6.94. The van der Waals surface area contributed by atoms with Crippen LogP contribution in [-0.2, 0) is 24.3 Å². The third-order valence-corrected chi connectivity index (χ3v) is 6.42. The van der Waals surface area contributed by atoms with Crippen molar-refractivity contribution in [1.82, 2.24) is 9.71 Å². The minimum Gasteiger partial charge on any atom is -0.490 e. The van der Waals surface area contributed by atoms with Crippen LogP contribution in [0.25, 0.3) is 10.9 Å². The monoisotopic (exact) mass is 485 g/mol. The standard InChI is InChI=1S/C23H23N3O7S/c1-15(23(28)26-19-7-2-6-18-17(19)5-3-10-24-18)33-22(27)14-25-34(29,30)16-8-9-20-21(13-16)32-12-4-11-31-20/h2-3,5-10,13,15,25H,4,11-12,14H2,1H3,(H,26,28). The number of sulfonamides is 1. The molecule has 34 heavy (non-hydrogen) atoms. The van der Waals surface area contributed by atoms with Crippen molar-refractivity contribution in [3.8, 4) is 11.5 Å². The fourth-order valence-electron chi connectivity index (χ4n) is 3.29. The summed E-state index contributed by atoms with van der Waals surface area (Å²) in [6.45, 7) is 1.64. The fourth-order valence-corrected chi connectivity index (χ4v) is 4.27. The lowest BCUT2D eigenvalue weighted by Crippen LogP contribution is -2.35. The first-order chi connectivity index (χ1) is 16.3. The zero-order valence-electron chi connectivity index (χ0n) is 18.3. The van der Waals surface area contributed by atoms with Gasteiger partial charge in [-0.2, -0.15) is 4.72 Å². The van der Waals surface area contributed by atoms with Gasteiger partial charge in [0.05, 0.1) is 29.3 Å². The van der Waals surface area contributed by atoms with Gasteiger partial charge in [0.1, 0.15) is 6.54 Å². The van der Waals surface area contributed by atoms with E-state index in [0.29, 0.717) is 42.3 Å². The summed E-state index contributed by atoms with van der Waals surface area (Å²) in [7, 11) is -4.02. The van der Waals surface area contributed by atoms with Crippen LogP contribution in [0.15, 0.2) is 59.6 Å². The van der Waals surface area contributed by atoms with Gasteiger partial charge in [-0.05, 0) is 43.3 Å². The van der Waals surface area contributed by atoms with Crippen molar-refractivity contribution in [1.29, 1.82) is 0 Å². The van der Waals surface area contributed by atoms with Gasteiger partial charge in [0.15, 0.2) is 17.6 Å². The molecule has 1 aromatic heterocycles. The number of aromatic nitrogens is 1. The molecule has 178 valence electrons. The molecule has 10 nitrogen and oxygen atoms in total. The average molecular weight is 486 g/mol. The molecule has 0 radical (unpaired) electrons.